The van der Waals surface area contributed by atoms with Gasteiger partial charge in [-0.15, -0.1) is 0 Å². The highest BCUT2D eigenvalue weighted by molar-refractivity contribution is 6.31. The summed E-state index contributed by atoms with van der Waals surface area (Å²) in [6.07, 6.45) is 2.80. The molecule has 0 spiro atoms. The van der Waals surface area contributed by atoms with E-state index in [2.05, 4.69) is 16.2 Å². The average Bonchev–Trinajstić information content (AvgIpc) is 3.06. The number of carbonyl (C=O) groups excluding carboxylic acids is 2. The maximum Gasteiger partial charge on any atom is 0.273 e. The lowest BCUT2D eigenvalue weighted by Crippen LogP contribution is -2.36. The van der Waals surface area contributed by atoms with Crippen LogP contribution in [-0.2, 0) is 11.3 Å². The highest BCUT2D eigenvalue weighted by atomic mass is 35.5. The van der Waals surface area contributed by atoms with Gasteiger partial charge in [0.1, 0.15) is 11.5 Å². The van der Waals surface area contributed by atoms with Crippen molar-refractivity contribution in [2.75, 3.05) is 0 Å². The Morgan fingerprint density at radius 3 is 2.79 bits per heavy atom. The van der Waals surface area contributed by atoms with E-state index in [1.54, 1.807) is 19.1 Å². The SMILES string of the molecule is CC(=CC(=O)NCc1ccco1)NNC(=O)c1cc(Cl)ccc1O. The summed E-state index contributed by atoms with van der Waals surface area (Å²) in [6.45, 7) is 1.86. The van der Waals surface area contributed by atoms with E-state index in [-0.39, 0.29) is 23.8 Å². The van der Waals surface area contributed by atoms with Gasteiger partial charge in [-0.3, -0.25) is 15.0 Å². The van der Waals surface area contributed by atoms with Crippen molar-refractivity contribution in [3.63, 3.8) is 0 Å². The summed E-state index contributed by atoms with van der Waals surface area (Å²) in [4.78, 5) is 23.7. The molecule has 0 saturated heterocycles. The number of benzene rings is 1. The van der Waals surface area contributed by atoms with Crippen molar-refractivity contribution in [1.82, 2.24) is 16.2 Å². The minimum Gasteiger partial charge on any atom is -0.507 e. The van der Waals surface area contributed by atoms with Crippen molar-refractivity contribution in [2.45, 2.75) is 13.5 Å². The van der Waals surface area contributed by atoms with Crippen LogP contribution in [0.1, 0.15) is 23.0 Å². The number of nitrogens with one attached hydrogen (secondary N) is 3. The van der Waals surface area contributed by atoms with Crippen LogP contribution in [0.25, 0.3) is 0 Å². The normalized spacial score (nSPS) is 11.0. The Morgan fingerprint density at radius 2 is 2.08 bits per heavy atom. The summed E-state index contributed by atoms with van der Waals surface area (Å²) >= 11 is 5.79. The van der Waals surface area contributed by atoms with Crippen molar-refractivity contribution in [3.8, 4) is 5.75 Å². The topological polar surface area (TPSA) is 104 Å². The van der Waals surface area contributed by atoms with Crippen molar-refractivity contribution in [1.29, 1.82) is 0 Å². The van der Waals surface area contributed by atoms with Crippen LogP contribution < -0.4 is 16.2 Å². The number of hydrogen-bond acceptors (Lipinski definition) is 5. The zero-order chi connectivity index (χ0) is 17.5. The van der Waals surface area contributed by atoms with Crippen LogP contribution in [-0.4, -0.2) is 16.9 Å². The van der Waals surface area contributed by atoms with Gasteiger partial charge in [-0.1, -0.05) is 11.6 Å². The molecule has 126 valence electrons. The molecule has 1 aromatic carbocycles. The highest BCUT2D eigenvalue weighted by Crippen LogP contribution is 2.20. The lowest BCUT2D eigenvalue weighted by atomic mass is 10.2. The Bertz CT molecular complexity index is 757. The molecule has 2 rings (SSSR count). The van der Waals surface area contributed by atoms with Gasteiger partial charge in [-0.25, -0.2) is 0 Å². The fourth-order valence-corrected chi connectivity index (χ4v) is 1.96. The molecule has 24 heavy (non-hydrogen) atoms. The fraction of sp³-hybridized carbons (Fsp3) is 0.125. The largest absolute Gasteiger partial charge is 0.507 e. The first-order valence-electron chi connectivity index (χ1n) is 6.99. The molecule has 2 aromatic rings. The number of rotatable bonds is 6. The quantitative estimate of drug-likeness (QED) is 0.472. The molecule has 0 aliphatic carbocycles. The van der Waals surface area contributed by atoms with E-state index in [9.17, 15) is 14.7 Å². The fourth-order valence-electron chi connectivity index (χ4n) is 1.78. The molecule has 0 atom stereocenters. The van der Waals surface area contributed by atoms with Crippen molar-refractivity contribution in [3.05, 3.63) is 64.7 Å². The standard InChI is InChI=1S/C16H16ClN3O4/c1-10(7-15(22)18-9-12-3-2-6-24-12)19-20-16(23)13-8-11(17)4-5-14(13)21/h2-8,19,21H,9H2,1H3,(H,18,22)(H,20,23). The summed E-state index contributed by atoms with van der Waals surface area (Å²) in [7, 11) is 0. The summed E-state index contributed by atoms with van der Waals surface area (Å²) < 4.78 is 5.10. The van der Waals surface area contributed by atoms with Gasteiger partial charge in [-0.2, -0.15) is 0 Å². The van der Waals surface area contributed by atoms with Gasteiger partial charge >= 0.3 is 0 Å². The van der Waals surface area contributed by atoms with E-state index in [1.807, 2.05) is 0 Å². The van der Waals surface area contributed by atoms with Gasteiger partial charge in [0.25, 0.3) is 5.91 Å². The first-order valence-corrected chi connectivity index (χ1v) is 7.37. The van der Waals surface area contributed by atoms with E-state index in [0.29, 0.717) is 16.5 Å². The molecule has 2 amide bonds. The maximum atomic E-state index is 12.0. The number of phenols is 1. The third kappa shape index (κ3) is 5.06. The number of phenolic OH excluding ortho intramolecular Hbond substituents is 1. The number of hydrazine groups is 1. The Morgan fingerprint density at radius 1 is 1.29 bits per heavy atom. The van der Waals surface area contributed by atoms with Crippen LogP contribution >= 0.6 is 11.6 Å². The first-order chi connectivity index (χ1) is 11.5. The number of amides is 2. The highest BCUT2D eigenvalue weighted by Gasteiger charge is 2.11. The molecule has 0 saturated carbocycles. The number of aromatic hydroxyl groups is 1. The Balaban J connectivity index is 1.85. The third-order valence-corrected chi connectivity index (χ3v) is 3.18. The van der Waals surface area contributed by atoms with Crippen LogP contribution in [0.4, 0.5) is 0 Å². The predicted octanol–water partition coefficient (Wildman–Crippen LogP) is 2.09. The van der Waals surface area contributed by atoms with Gasteiger partial charge < -0.3 is 20.3 Å². The van der Waals surface area contributed by atoms with Crippen LogP contribution in [0.3, 0.4) is 0 Å². The number of furan rings is 1. The lowest BCUT2D eigenvalue weighted by molar-refractivity contribution is -0.116. The maximum absolute atomic E-state index is 12.0. The van der Waals surface area contributed by atoms with Crippen LogP contribution in [0, 0.1) is 0 Å². The molecule has 0 bridgehead atoms. The second-order valence-electron chi connectivity index (χ2n) is 4.87. The number of hydrogen-bond donors (Lipinski definition) is 4. The molecule has 0 fully saturated rings. The van der Waals surface area contributed by atoms with E-state index in [4.69, 9.17) is 16.0 Å². The summed E-state index contributed by atoms with van der Waals surface area (Å²) in [5.41, 5.74) is 5.37. The second-order valence-corrected chi connectivity index (χ2v) is 5.30. The Labute approximate surface area is 143 Å². The van der Waals surface area contributed by atoms with Gasteiger partial charge in [0.15, 0.2) is 0 Å². The van der Waals surface area contributed by atoms with Gasteiger partial charge in [0.05, 0.1) is 18.4 Å². The summed E-state index contributed by atoms with van der Waals surface area (Å²) in [6, 6.07) is 7.60. The van der Waals surface area contributed by atoms with Crippen molar-refractivity contribution < 1.29 is 19.1 Å². The van der Waals surface area contributed by atoms with E-state index < -0.39 is 5.91 Å². The lowest BCUT2D eigenvalue weighted by Gasteiger charge is -2.10. The minimum absolute atomic E-state index is 0.0186. The second kappa shape index (κ2) is 8.07. The van der Waals surface area contributed by atoms with E-state index >= 15 is 0 Å². The van der Waals surface area contributed by atoms with Gasteiger partial charge in [0, 0.05) is 16.8 Å². The molecular weight excluding hydrogens is 334 g/mol. The van der Waals surface area contributed by atoms with Gasteiger partial charge in [0.2, 0.25) is 5.91 Å². The molecule has 1 heterocycles. The number of halogens is 1. The number of allylic oxidation sites excluding steroid dienone is 1. The van der Waals surface area contributed by atoms with Crippen LogP contribution in [0.15, 0.2) is 52.8 Å². The zero-order valence-electron chi connectivity index (χ0n) is 12.8. The first kappa shape index (κ1) is 17.4. The van der Waals surface area contributed by atoms with Crippen LogP contribution in [0.5, 0.6) is 5.75 Å². The molecule has 0 aliphatic rings. The summed E-state index contributed by atoms with van der Waals surface area (Å²) in [5, 5.41) is 12.6. The van der Waals surface area contributed by atoms with Crippen molar-refractivity contribution >= 4 is 23.4 Å². The third-order valence-electron chi connectivity index (χ3n) is 2.94. The molecule has 0 radical (unpaired) electrons. The monoisotopic (exact) mass is 349 g/mol. The molecule has 7 nitrogen and oxygen atoms in total. The predicted molar refractivity (Wildman–Crippen MR) is 88.0 cm³/mol. The van der Waals surface area contributed by atoms with E-state index in [0.717, 1.165) is 0 Å². The molecule has 0 unspecified atom stereocenters. The molecule has 0 aliphatic heterocycles. The molecule has 1 aromatic heterocycles. The number of carbonyl (C=O) groups is 2. The summed E-state index contributed by atoms with van der Waals surface area (Å²) in [5.74, 6) is -0.501. The smallest absolute Gasteiger partial charge is 0.273 e. The Hall–Kier alpha value is -2.93. The van der Waals surface area contributed by atoms with Gasteiger partial charge in [-0.05, 0) is 37.3 Å². The van der Waals surface area contributed by atoms with Crippen molar-refractivity contribution in [2.24, 2.45) is 0 Å². The van der Waals surface area contributed by atoms with E-state index in [1.165, 1.54) is 30.5 Å². The zero-order valence-corrected chi connectivity index (χ0v) is 13.6. The Kier molecular flexibility index (Phi) is 5.86. The minimum atomic E-state index is -0.584. The van der Waals surface area contributed by atoms with Crippen LogP contribution in [0.2, 0.25) is 5.02 Å². The molecular formula is C16H16ClN3O4. The average molecular weight is 350 g/mol. The molecule has 4 N–H and O–H groups in total. The molecule has 8 heteroatoms.